The predicted octanol–water partition coefficient (Wildman–Crippen LogP) is 5.65. The molecule has 0 atom stereocenters. The first-order valence-corrected chi connectivity index (χ1v) is 12.7. The van der Waals surface area contributed by atoms with Crippen LogP contribution in [0.4, 0.5) is 0 Å². The summed E-state index contributed by atoms with van der Waals surface area (Å²) >= 11 is 0. The maximum atomic E-state index is 9.19. The summed E-state index contributed by atoms with van der Waals surface area (Å²) in [5, 5.41) is 0. The van der Waals surface area contributed by atoms with Gasteiger partial charge >= 0.3 is 0 Å². The molecule has 0 unspecified atom stereocenters. The van der Waals surface area contributed by atoms with Crippen molar-refractivity contribution < 1.29 is 13.0 Å². The third-order valence-corrected chi connectivity index (χ3v) is 4.74. The highest BCUT2D eigenvalue weighted by Crippen LogP contribution is 2.13. The molecule has 0 bridgehead atoms. The molecule has 0 aromatic carbocycles. The first-order valence-electron chi connectivity index (χ1n) is 10.9. The van der Waals surface area contributed by atoms with Crippen LogP contribution >= 0.6 is 0 Å². The molecule has 0 saturated carbocycles. The molecule has 0 saturated heterocycles. The summed E-state index contributed by atoms with van der Waals surface area (Å²) in [6.45, 7) is 4.61. The van der Waals surface area contributed by atoms with Crippen LogP contribution in [0.3, 0.4) is 0 Å². The van der Waals surface area contributed by atoms with Crippen molar-refractivity contribution in [2.75, 3.05) is 26.5 Å². The first kappa shape index (κ1) is 26.2. The monoisotopic (exact) mass is 404 g/mol. The summed E-state index contributed by atoms with van der Waals surface area (Å²) in [7, 11) is -1.53. The zero-order valence-electron chi connectivity index (χ0n) is 18.0. The van der Waals surface area contributed by atoms with Crippen LogP contribution < -0.4 is 0 Å². The summed E-state index contributed by atoms with van der Waals surface area (Å²) in [5.74, 6) is 0. The van der Waals surface area contributed by atoms with Gasteiger partial charge in [-0.3, -0.25) is 4.55 Å². The van der Waals surface area contributed by atoms with Gasteiger partial charge in [0, 0.05) is 26.0 Å². The standard InChI is InChI=1S/C20H40N2.CH4O3S/c1-3-4-5-6-7-8-9-10-11-12-13-14-15-16-17-22-19-18-21(2)20-22;1-5(2,3)4/h18-19H,3-17,20H2,1-2H3;1H3,(H,2,3,4). The summed E-state index contributed by atoms with van der Waals surface area (Å²) < 4.78 is 25.9. The van der Waals surface area contributed by atoms with Crippen LogP contribution in [0, 0.1) is 0 Å². The minimum Gasteiger partial charge on any atom is -0.362 e. The molecule has 0 aromatic heterocycles. The average Bonchev–Trinajstić information content (AvgIpc) is 2.99. The topological polar surface area (TPSA) is 60.9 Å². The van der Waals surface area contributed by atoms with E-state index in [0.29, 0.717) is 6.26 Å². The van der Waals surface area contributed by atoms with E-state index in [9.17, 15) is 8.42 Å². The molecular formula is C21H44N2O3S. The second kappa shape index (κ2) is 17.4. The van der Waals surface area contributed by atoms with Crippen LogP contribution in [0.1, 0.15) is 96.8 Å². The zero-order chi connectivity index (χ0) is 20.4. The van der Waals surface area contributed by atoms with Crippen LogP contribution in [-0.2, 0) is 10.1 Å². The van der Waals surface area contributed by atoms with E-state index < -0.39 is 10.1 Å². The third kappa shape index (κ3) is 23.2. The fourth-order valence-corrected chi connectivity index (χ4v) is 3.24. The zero-order valence-corrected chi connectivity index (χ0v) is 18.9. The van der Waals surface area contributed by atoms with E-state index in [2.05, 4.69) is 36.2 Å². The van der Waals surface area contributed by atoms with Crippen LogP contribution in [0.2, 0.25) is 0 Å². The van der Waals surface area contributed by atoms with Crippen molar-refractivity contribution in [3.05, 3.63) is 12.4 Å². The predicted molar refractivity (Wildman–Crippen MR) is 116 cm³/mol. The molecule has 27 heavy (non-hydrogen) atoms. The van der Waals surface area contributed by atoms with Gasteiger partial charge in [-0.05, 0) is 6.42 Å². The summed E-state index contributed by atoms with van der Waals surface area (Å²) in [6, 6.07) is 0. The molecule has 0 fully saturated rings. The minimum atomic E-state index is -3.67. The Hall–Kier alpha value is -0.750. The second-order valence-electron chi connectivity index (χ2n) is 7.84. The normalized spacial score (nSPS) is 13.8. The van der Waals surface area contributed by atoms with E-state index >= 15 is 0 Å². The van der Waals surface area contributed by atoms with Crippen molar-refractivity contribution in [3.63, 3.8) is 0 Å². The Bertz CT molecular complexity index is 444. The van der Waals surface area contributed by atoms with Gasteiger partial charge in [-0.15, -0.1) is 0 Å². The average molecular weight is 405 g/mol. The molecule has 0 amide bonds. The van der Waals surface area contributed by atoms with E-state index in [4.69, 9.17) is 4.55 Å². The summed E-state index contributed by atoms with van der Waals surface area (Å²) in [4.78, 5) is 4.66. The van der Waals surface area contributed by atoms with Gasteiger partial charge in [0.05, 0.1) is 12.9 Å². The molecule has 1 rings (SSSR count). The van der Waals surface area contributed by atoms with Gasteiger partial charge in [-0.25, -0.2) is 0 Å². The Balaban J connectivity index is 0.00000119. The Morgan fingerprint density at radius 2 is 1.15 bits per heavy atom. The molecule has 5 nitrogen and oxygen atoms in total. The van der Waals surface area contributed by atoms with Crippen LogP contribution in [0.15, 0.2) is 12.4 Å². The Kier molecular flexibility index (Phi) is 16.9. The van der Waals surface area contributed by atoms with E-state index in [1.807, 2.05) is 0 Å². The van der Waals surface area contributed by atoms with Gasteiger partial charge in [0.1, 0.15) is 0 Å². The lowest BCUT2D eigenvalue weighted by atomic mass is 10.0. The Morgan fingerprint density at radius 3 is 1.48 bits per heavy atom. The lowest BCUT2D eigenvalue weighted by Gasteiger charge is -2.17. The minimum absolute atomic E-state index is 0.715. The molecule has 0 aliphatic carbocycles. The molecule has 1 aliphatic rings. The van der Waals surface area contributed by atoms with Gasteiger partial charge in [0.15, 0.2) is 0 Å². The first-order chi connectivity index (χ1) is 12.8. The third-order valence-electron chi connectivity index (χ3n) is 4.74. The highest BCUT2D eigenvalue weighted by atomic mass is 32.2. The molecule has 162 valence electrons. The van der Waals surface area contributed by atoms with Gasteiger partial charge < -0.3 is 9.80 Å². The second-order valence-corrected chi connectivity index (χ2v) is 9.30. The van der Waals surface area contributed by atoms with Gasteiger partial charge in [-0.1, -0.05) is 90.4 Å². The van der Waals surface area contributed by atoms with Crippen molar-refractivity contribution in [2.45, 2.75) is 96.8 Å². The van der Waals surface area contributed by atoms with Gasteiger partial charge in [0.2, 0.25) is 0 Å². The maximum absolute atomic E-state index is 9.19. The molecule has 6 heteroatoms. The van der Waals surface area contributed by atoms with E-state index in [-0.39, 0.29) is 0 Å². The van der Waals surface area contributed by atoms with Crippen LogP contribution in [-0.4, -0.2) is 49.3 Å². The van der Waals surface area contributed by atoms with Crippen molar-refractivity contribution >= 4 is 10.1 Å². The molecule has 0 radical (unpaired) electrons. The van der Waals surface area contributed by atoms with Crippen LogP contribution in [0.25, 0.3) is 0 Å². The summed E-state index contributed by atoms with van der Waals surface area (Å²) in [5.41, 5.74) is 0. The van der Waals surface area contributed by atoms with E-state index in [1.165, 1.54) is 96.4 Å². The van der Waals surface area contributed by atoms with Gasteiger partial charge in [0.25, 0.3) is 10.1 Å². The smallest absolute Gasteiger partial charge is 0.261 e. The van der Waals surface area contributed by atoms with E-state index in [0.717, 1.165) is 6.67 Å². The largest absolute Gasteiger partial charge is 0.362 e. The van der Waals surface area contributed by atoms with Crippen molar-refractivity contribution in [3.8, 4) is 0 Å². The SMILES string of the molecule is CCCCCCCCCCCCCCCCN1C=CN(C)C1.CS(=O)(=O)O. The number of nitrogens with zero attached hydrogens (tertiary/aromatic N) is 2. The maximum Gasteiger partial charge on any atom is 0.261 e. The molecule has 0 aromatic rings. The highest BCUT2D eigenvalue weighted by molar-refractivity contribution is 7.85. The van der Waals surface area contributed by atoms with Crippen molar-refractivity contribution in [1.29, 1.82) is 0 Å². The number of unbranched alkanes of at least 4 members (excludes halogenated alkanes) is 13. The number of rotatable bonds is 15. The molecule has 1 heterocycles. The van der Waals surface area contributed by atoms with Gasteiger partial charge in [-0.2, -0.15) is 8.42 Å². The molecule has 0 spiro atoms. The van der Waals surface area contributed by atoms with Crippen molar-refractivity contribution in [2.24, 2.45) is 0 Å². The lowest BCUT2D eigenvalue weighted by Crippen LogP contribution is -2.23. The molecule has 1 N–H and O–H groups in total. The Labute approximate surface area is 168 Å². The highest BCUT2D eigenvalue weighted by Gasteiger charge is 2.06. The van der Waals surface area contributed by atoms with Crippen LogP contribution in [0.5, 0.6) is 0 Å². The molecular weight excluding hydrogens is 360 g/mol. The quantitative estimate of drug-likeness (QED) is 0.282. The fraction of sp³-hybridized carbons (Fsp3) is 0.905. The fourth-order valence-electron chi connectivity index (χ4n) is 3.24. The lowest BCUT2D eigenvalue weighted by molar-refractivity contribution is 0.290. The van der Waals surface area contributed by atoms with Crippen molar-refractivity contribution in [1.82, 2.24) is 9.80 Å². The molecule has 1 aliphatic heterocycles. The Morgan fingerprint density at radius 1 is 0.778 bits per heavy atom. The number of hydrogen-bond acceptors (Lipinski definition) is 4. The number of hydrogen-bond donors (Lipinski definition) is 1. The van der Waals surface area contributed by atoms with E-state index in [1.54, 1.807) is 0 Å². The summed E-state index contributed by atoms with van der Waals surface area (Å²) in [6.07, 6.45) is 25.3.